The molecule has 1 amide bonds. The second-order valence-electron chi connectivity index (χ2n) is 3.89. The molecule has 4 N–H and O–H groups in total. The summed E-state index contributed by atoms with van der Waals surface area (Å²) in [5, 5.41) is 4.05. The molecule has 6 nitrogen and oxygen atoms in total. The molecule has 1 aromatic heterocycles. The van der Waals surface area contributed by atoms with Gasteiger partial charge < -0.3 is 16.4 Å². The number of anilines is 1. The Hall–Kier alpha value is -1.56. The van der Waals surface area contributed by atoms with Crippen molar-refractivity contribution in [2.75, 3.05) is 26.4 Å². The van der Waals surface area contributed by atoms with Crippen LogP contribution in [0.1, 0.15) is 23.5 Å². The molecule has 1 heterocycles. The predicted octanol–water partition coefficient (Wildman–Crippen LogP) is -0.313. The Morgan fingerprint density at radius 3 is 2.67 bits per heavy atom. The number of nitrogens with zero attached hydrogens (tertiary/aromatic N) is 3. The van der Waals surface area contributed by atoms with E-state index >= 15 is 0 Å². The van der Waals surface area contributed by atoms with Gasteiger partial charge in [0, 0.05) is 12.7 Å². The van der Waals surface area contributed by atoms with E-state index in [1.54, 1.807) is 10.9 Å². The molecule has 0 aliphatic carbocycles. The molecule has 0 aromatic carbocycles. The summed E-state index contributed by atoms with van der Waals surface area (Å²) in [6.07, 6.45) is 1.63. The van der Waals surface area contributed by atoms with Crippen LogP contribution in [0.15, 0.2) is 6.20 Å². The fourth-order valence-electron chi connectivity index (χ4n) is 1.44. The fraction of sp³-hybridized carbons (Fsp3) is 0.556. The summed E-state index contributed by atoms with van der Waals surface area (Å²) in [7, 11) is 3.94. The molecule has 84 valence electrons. The highest BCUT2D eigenvalue weighted by Crippen LogP contribution is 2.13. The second kappa shape index (κ2) is 4.31. The lowest BCUT2D eigenvalue weighted by atomic mass is 10.3. The Bertz CT molecular complexity index is 357. The van der Waals surface area contributed by atoms with Crippen LogP contribution in [-0.4, -0.2) is 41.2 Å². The van der Waals surface area contributed by atoms with E-state index in [4.69, 9.17) is 11.5 Å². The first-order valence-corrected chi connectivity index (χ1v) is 4.71. The minimum atomic E-state index is -0.594. The van der Waals surface area contributed by atoms with Crippen LogP contribution in [0.3, 0.4) is 0 Å². The zero-order valence-electron chi connectivity index (χ0n) is 9.27. The van der Waals surface area contributed by atoms with E-state index in [0.717, 1.165) is 6.54 Å². The number of aromatic nitrogens is 2. The van der Waals surface area contributed by atoms with E-state index in [2.05, 4.69) is 5.10 Å². The lowest BCUT2D eigenvalue weighted by Gasteiger charge is -2.16. The van der Waals surface area contributed by atoms with Gasteiger partial charge in [-0.3, -0.25) is 9.48 Å². The van der Waals surface area contributed by atoms with Crippen molar-refractivity contribution in [2.45, 2.75) is 13.0 Å². The molecule has 1 atom stereocenters. The fourth-order valence-corrected chi connectivity index (χ4v) is 1.44. The number of carbonyl (C=O) groups excluding carboxylic acids is 1. The van der Waals surface area contributed by atoms with Crippen molar-refractivity contribution in [2.24, 2.45) is 5.73 Å². The predicted molar refractivity (Wildman–Crippen MR) is 58.4 cm³/mol. The maximum absolute atomic E-state index is 10.9. The van der Waals surface area contributed by atoms with Crippen LogP contribution in [0, 0.1) is 0 Å². The van der Waals surface area contributed by atoms with Crippen LogP contribution in [0.2, 0.25) is 0 Å². The molecule has 15 heavy (non-hydrogen) atoms. The first-order valence-electron chi connectivity index (χ1n) is 4.71. The Balaban J connectivity index is 2.87. The molecule has 1 aromatic rings. The van der Waals surface area contributed by atoms with E-state index in [1.165, 1.54) is 0 Å². The Kier molecular flexibility index (Phi) is 3.31. The van der Waals surface area contributed by atoms with E-state index in [0.29, 0.717) is 5.69 Å². The van der Waals surface area contributed by atoms with Crippen LogP contribution in [0.25, 0.3) is 0 Å². The number of primary amides is 1. The Labute approximate surface area is 88.8 Å². The van der Waals surface area contributed by atoms with Crippen molar-refractivity contribution in [3.05, 3.63) is 11.9 Å². The highest BCUT2D eigenvalue weighted by Gasteiger charge is 2.14. The summed E-state index contributed by atoms with van der Waals surface area (Å²) in [5.41, 5.74) is 11.2. The highest BCUT2D eigenvalue weighted by molar-refractivity contribution is 5.95. The molecule has 0 aliphatic heterocycles. The van der Waals surface area contributed by atoms with E-state index < -0.39 is 5.91 Å². The molecule has 0 saturated heterocycles. The van der Waals surface area contributed by atoms with Crippen molar-refractivity contribution in [1.82, 2.24) is 14.7 Å². The molecule has 0 radical (unpaired) electrons. The minimum absolute atomic E-state index is 0.139. The van der Waals surface area contributed by atoms with Gasteiger partial charge in [0.15, 0.2) is 5.69 Å². The lowest BCUT2D eigenvalue weighted by Crippen LogP contribution is -2.23. The van der Waals surface area contributed by atoms with Gasteiger partial charge in [-0.1, -0.05) is 0 Å². The maximum Gasteiger partial charge on any atom is 0.271 e. The monoisotopic (exact) mass is 211 g/mol. The molecule has 1 unspecified atom stereocenters. The van der Waals surface area contributed by atoms with Gasteiger partial charge in [0.05, 0.1) is 11.7 Å². The third-order valence-corrected chi connectivity index (χ3v) is 2.07. The molecule has 0 bridgehead atoms. The summed E-state index contributed by atoms with van der Waals surface area (Å²) >= 11 is 0. The number of amides is 1. The average molecular weight is 211 g/mol. The number of hydrogen-bond donors (Lipinski definition) is 2. The van der Waals surface area contributed by atoms with Crippen LogP contribution in [-0.2, 0) is 0 Å². The first-order chi connectivity index (χ1) is 6.91. The molecule has 0 saturated carbocycles. The Morgan fingerprint density at radius 2 is 2.27 bits per heavy atom. The van der Waals surface area contributed by atoms with E-state index in [9.17, 15) is 4.79 Å². The smallest absolute Gasteiger partial charge is 0.271 e. The number of rotatable bonds is 4. The van der Waals surface area contributed by atoms with Gasteiger partial charge in [0.1, 0.15) is 0 Å². The van der Waals surface area contributed by atoms with Crippen LogP contribution in [0.5, 0.6) is 0 Å². The van der Waals surface area contributed by atoms with Crippen molar-refractivity contribution in [1.29, 1.82) is 0 Å². The molecular weight excluding hydrogens is 194 g/mol. The summed E-state index contributed by atoms with van der Waals surface area (Å²) in [5.74, 6) is -0.594. The lowest BCUT2D eigenvalue weighted by molar-refractivity contribution is 0.0995. The summed E-state index contributed by atoms with van der Waals surface area (Å²) in [6, 6.07) is 0.149. The van der Waals surface area contributed by atoms with E-state index in [-0.39, 0.29) is 11.7 Å². The van der Waals surface area contributed by atoms with Crippen LogP contribution < -0.4 is 11.5 Å². The Morgan fingerprint density at radius 1 is 1.67 bits per heavy atom. The first kappa shape index (κ1) is 11.5. The van der Waals surface area contributed by atoms with Gasteiger partial charge in [-0.2, -0.15) is 5.10 Å². The second-order valence-corrected chi connectivity index (χ2v) is 3.89. The summed E-state index contributed by atoms with van der Waals surface area (Å²) in [4.78, 5) is 13.0. The summed E-state index contributed by atoms with van der Waals surface area (Å²) in [6.45, 7) is 2.82. The van der Waals surface area contributed by atoms with Gasteiger partial charge >= 0.3 is 0 Å². The maximum atomic E-state index is 10.9. The number of likely N-dealkylation sites (N-methyl/N-ethyl adjacent to an activating group) is 1. The van der Waals surface area contributed by atoms with Gasteiger partial charge in [-0.15, -0.1) is 0 Å². The van der Waals surface area contributed by atoms with Gasteiger partial charge in [0.2, 0.25) is 0 Å². The number of hydrogen-bond acceptors (Lipinski definition) is 4. The van der Waals surface area contributed by atoms with Crippen molar-refractivity contribution in [3.8, 4) is 0 Å². The molecule has 6 heteroatoms. The van der Waals surface area contributed by atoms with E-state index in [1.807, 2.05) is 25.9 Å². The molecule has 0 spiro atoms. The minimum Gasteiger partial charge on any atom is -0.396 e. The normalized spacial score (nSPS) is 13.1. The zero-order valence-corrected chi connectivity index (χ0v) is 9.27. The average Bonchev–Trinajstić information content (AvgIpc) is 2.46. The number of nitrogen functional groups attached to an aromatic ring is 1. The largest absolute Gasteiger partial charge is 0.396 e. The van der Waals surface area contributed by atoms with Gasteiger partial charge in [-0.05, 0) is 21.0 Å². The van der Waals surface area contributed by atoms with Crippen LogP contribution in [0.4, 0.5) is 5.69 Å². The van der Waals surface area contributed by atoms with Gasteiger partial charge in [-0.25, -0.2) is 0 Å². The zero-order chi connectivity index (χ0) is 11.6. The van der Waals surface area contributed by atoms with Gasteiger partial charge in [0.25, 0.3) is 5.91 Å². The summed E-state index contributed by atoms with van der Waals surface area (Å²) < 4.78 is 1.66. The SMILES string of the molecule is CC(CN(C)C)n1cc(N)c(C(N)=O)n1. The van der Waals surface area contributed by atoms with Crippen LogP contribution >= 0.6 is 0 Å². The third kappa shape index (κ3) is 2.69. The topological polar surface area (TPSA) is 90.2 Å². The molecule has 1 rings (SSSR count). The van der Waals surface area contributed by atoms with Crippen molar-refractivity contribution < 1.29 is 4.79 Å². The molecular formula is C9H17N5O. The molecule has 0 fully saturated rings. The third-order valence-electron chi connectivity index (χ3n) is 2.07. The molecule has 0 aliphatic rings. The standard InChI is InChI=1S/C9H17N5O/c1-6(4-13(2)3)14-5-7(10)8(12-14)9(11)15/h5-6H,4,10H2,1-3H3,(H2,11,15). The number of nitrogens with two attached hydrogens (primary N) is 2. The highest BCUT2D eigenvalue weighted by atomic mass is 16.1. The van der Waals surface area contributed by atoms with Crippen molar-refractivity contribution >= 4 is 11.6 Å². The quantitative estimate of drug-likeness (QED) is 0.714. The number of carbonyl (C=O) groups is 1. The van der Waals surface area contributed by atoms with Crippen molar-refractivity contribution in [3.63, 3.8) is 0 Å².